The van der Waals surface area contributed by atoms with Crippen molar-refractivity contribution >= 4 is 34.4 Å². The summed E-state index contributed by atoms with van der Waals surface area (Å²) in [6.07, 6.45) is -0.573. The first-order chi connectivity index (χ1) is 4.57. The number of carboxylic acid groups (broad SMARTS) is 2. The molecule has 0 bridgehead atoms. The smallest absolute Gasteiger partial charge is 0.550 e. The fourth-order valence-corrected chi connectivity index (χ4v) is 1.09. The van der Waals surface area contributed by atoms with E-state index >= 15 is 0 Å². The summed E-state index contributed by atoms with van der Waals surface area (Å²) in [6.45, 7) is 0. The van der Waals surface area contributed by atoms with Crippen LogP contribution in [0.25, 0.3) is 0 Å². The SMILES string of the molecule is O=C([O-])CC(SS)C(=O)[O-].[K+].[K+]. The molecule has 0 saturated heterocycles. The molecule has 0 heterocycles. The molecule has 0 aromatic carbocycles. The third kappa shape index (κ3) is 11.0. The van der Waals surface area contributed by atoms with E-state index in [4.69, 9.17) is 0 Å². The van der Waals surface area contributed by atoms with E-state index in [2.05, 4.69) is 11.7 Å². The van der Waals surface area contributed by atoms with Gasteiger partial charge in [0.15, 0.2) is 0 Å². The summed E-state index contributed by atoms with van der Waals surface area (Å²) in [5.74, 6) is -2.86. The van der Waals surface area contributed by atoms with E-state index in [1.165, 1.54) is 0 Å². The molecule has 1 atom stereocenters. The van der Waals surface area contributed by atoms with Crippen molar-refractivity contribution in [3.05, 3.63) is 0 Å². The van der Waals surface area contributed by atoms with Gasteiger partial charge < -0.3 is 19.8 Å². The molecule has 0 aromatic heterocycles. The molecule has 0 amide bonds. The topological polar surface area (TPSA) is 80.3 Å². The van der Waals surface area contributed by atoms with Gasteiger partial charge in [-0.3, -0.25) is 0 Å². The van der Waals surface area contributed by atoms with Crippen molar-refractivity contribution in [3.8, 4) is 0 Å². The number of carboxylic acids is 2. The second-order valence-electron chi connectivity index (χ2n) is 1.49. The molecule has 12 heavy (non-hydrogen) atoms. The van der Waals surface area contributed by atoms with Crippen molar-refractivity contribution in [2.45, 2.75) is 11.7 Å². The van der Waals surface area contributed by atoms with Gasteiger partial charge >= 0.3 is 103 Å². The summed E-state index contributed by atoms with van der Waals surface area (Å²) >= 11 is 3.53. The molecule has 1 unspecified atom stereocenters. The molecule has 0 aliphatic heterocycles. The van der Waals surface area contributed by atoms with E-state index in [1.54, 1.807) is 0 Å². The van der Waals surface area contributed by atoms with Gasteiger partial charge in [0.2, 0.25) is 0 Å². The van der Waals surface area contributed by atoms with Crippen LogP contribution in [0.5, 0.6) is 0 Å². The van der Waals surface area contributed by atoms with Crippen LogP contribution in [0, 0.1) is 0 Å². The average molecular weight is 258 g/mol. The van der Waals surface area contributed by atoms with E-state index in [1.807, 2.05) is 0 Å². The maximum Gasteiger partial charge on any atom is 1.00 e. The Morgan fingerprint density at radius 1 is 1.33 bits per heavy atom. The van der Waals surface area contributed by atoms with Gasteiger partial charge in [0.25, 0.3) is 0 Å². The molecular weight excluding hydrogens is 254 g/mol. The quantitative estimate of drug-likeness (QED) is 0.308. The van der Waals surface area contributed by atoms with Gasteiger partial charge in [0.1, 0.15) is 0 Å². The van der Waals surface area contributed by atoms with Crippen LogP contribution in [-0.2, 0) is 9.59 Å². The van der Waals surface area contributed by atoms with E-state index in [0.29, 0.717) is 10.8 Å². The van der Waals surface area contributed by atoms with Gasteiger partial charge in [-0.2, -0.15) is 0 Å². The molecule has 0 fully saturated rings. The van der Waals surface area contributed by atoms with Crippen LogP contribution in [0.2, 0.25) is 0 Å². The van der Waals surface area contributed by atoms with Crippen LogP contribution in [0.4, 0.5) is 0 Å². The number of hydrogen-bond acceptors (Lipinski definition) is 6. The van der Waals surface area contributed by atoms with E-state index in [9.17, 15) is 19.8 Å². The number of aliphatic carboxylic acids is 2. The van der Waals surface area contributed by atoms with Gasteiger partial charge in [-0.25, -0.2) is 0 Å². The maximum atomic E-state index is 9.99. The second-order valence-corrected chi connectivity index (χ2v) is 2.90. The zero-order chi connectivity index (χ0) is 8.15. The van der Waals surface area contributed by atoms with Crippen molar-refractivity contribution in [1.82, 2.24) is 0 Å². The average Bonchev–Trinajstić information content (AvgIpc) is 1.81. The van der Waals surface area contributed by atoms with Crippen LogP contribution in [-0.4, -0.2) is 17.2 Å². The third-order valence-corrected chi connectivity index (χ3v) is 2.12. The first kappa shape index (κ1) is 20.3. The van der Waals surface area contributed by atoms with E-state index in [-0.39, 0.29) is 103 Å². The second kappa shape index (κ2) is 12.0. The number of rotatable bonds is 4. The minimum atomic E-state index is -1.44. The Morgan fingerprint density at radius 2 is 1.75 bits per heavy atom. The summed E-state index contributed by atoms with van der Waals surface area (Å²) in [5.41, 5.74) is 0. The summed E-state index contributed by atoms with van der Waals surface area (Å²) in [7, 11) is 0.618. The molecule has 0 rings (SSSR count). The number of carbonyl (C=O) groups excluding carboxylic acids is 2. The predicted molar refractivity (Wildman–Crippen MR) is 35.0 cm³/mol. The predicted octanol–water partition coefficient (Wildman–Crippen LogP) is -8.17. The summed E-state index contributed by atoms with van der Waals surface area (Å²) in [6, 6.07) is 0. The fraction of sp³-hybridized carbons (Fsp3) is 0.500. The summed E-state index contributed by atoms with van der Waals surface area (Å²) in [4.78, 5) is 19.8. The van der Waals surface area contributed by atoms with Crippen molar-refractivity contribution < 1.29 is 123 Å². The minimum absolute atomic E-state index is 0. The zero-order valence-electron chi connectivity index (χ0n) is 6.77. The third-order valence-electron chi connectivity index (χ3n) is 0.742. The molecule has 4 nitrogen and oxygen atoms in total. The van der Waals surface area contributed by atoms with E-state index in [0.717, 1.165) is 0 Å². The monoisotopic (exact) mass is 258 g/mol. The molecule has 0 spiro atoms. The van der Waals surface area contributed by atoms with Crippen molar-refractivity contribution in [3.63, 3.8) is 0 Å². The Labute approximate surface area is 164 Å². The van der Waals surface area contributed by atoms with Crippen LogP contribution in [0.15, 0.2) is 0 Å². The Balaban J connectivity index is -0.000000405. The molecular formula is C4H4K2O4S2. The molecule has 8 heteroatoms. The molecule has 0 saturated carbocycles. The molecule has 0 aromatic rings. The van der Waals surface area contributed by atoms with Crippen molar-refractivity contribution in [2.24, 2.45) is 0 Å². The van der Waals surface area contributed by atoms with Crippen LogP contribution >= 0.6 is 22.5 Å². The van der Waals surface area contributed by atoms with Gasteiger partial charge in [0, 0.05) is 12.4 Å². The Bertz CT molecular complexity index is 154. The Morgan fingerprint density at radius 3 is 1.83 bits per heavy atom. The molecule has 0 radical (unpaired) electrons. The first-order valence-electron chi connectivity index (χ1n) is 2.29. The molecule has 58 valence electrons. The molecule has 0 N–H and O–H groups in total. The van der Waals surface area contributed by atoms with Gasteiger partial charge in [-0.1, -0.05) is 10.8 Å². The van der Waals surface area contributed by atoms with Gasteiger partial charge in [-0.05, 0) is 0 Å². The maximum absolute atomic E-state index is 9.99. The number of carbonyl (C=O) groups is 2. The Kier molecular flexibility index (Phi) is 20.3. The summed E-state index contributed by atoms with van der Waals surface area (Å²) < 4.78 is 0. The van der Waals surface area contributed by atoms with E-state index < -0.39 is 23.6 Å². The fourth-order valence-electron chi connectivity index (χ4n) is 0.315. The number of hydrogen-bond donors (Lipinski definition) is 1. The van der Waals surface area contributed by atoms with Crippen LogP contribution < -0.4 is 113 Å². The van der Waals surface area contributed by atoms with Crippen molar-refractivity contribution in [1.29, 1.82) is 0 Å². The normalized spacial score (nSPS) is 10.4. The first-order valence-corrected chi connectivity index (χ1v) is 4.22. The zero-order valence-corrected chi connectivity index (χ0v) is 14.7. The standard InChI is InChI=1S/C4H6O4S2.2K/c5-3(6)1-2(10-9)4(7)8;;/h2,9H,1H2,(H,5,6)(H,7,8);;/q;2*+1/p-2. The van der Waals surface area contributed by atoms with Crippen molar-refractivity contribution in [2.75, 3.05) is 0 Å². The van der Waals surface area contributed by atoms with Gasteiger partial charge in [0.05, 0.1) is 11.2 Å². The minimum Gasteiger partial charge on any atom is -0.550 e. The van der Waals surface area contributed by atoms with Crippen LogP contribution in [0.3, 0.4) is 0 Å². The molecule has 0 aliphatic carbocycles. The van der Waals surface area contributed by atoms with Crippen LogP contribution in [0.1, 0.15) is 6.42 Å². The van der Waals surface area contributed by atoms with Gasteiger partial charge in [-0.15, -0.1) is 11.7 Å². The molecule has 0 aliphatic rings. The summed E-state index contributed by atoms with van der Waals surface area (Å²) in [5, 5.41) is 18.7. The number of thiol groups is 1. The largest absolute Gasteiger partial charge is 1.00 e. The Hall–Kier alpha value is 2.91.